The van der Waals surface area contributed by atoms with Gasteiger partial charge in [-0.2, -0.15) is 0 Å². The predicted molar refractivity (Wildman–Crippen MR) is 122 cm³/mol. The zero-order chi connectivity index (χ0) is 23.1. The monoisotopic (exact) mass is 457 g/mol. The summed E-state index contributed by atoms with van der Waals surface area (Å²) in [4.78, 5) is 24.6. The lowest BCUT2D eigenvalue weighted by Gasteiger charge is -2.09. The van der Waals surface area contributed by atoms with Gasteiger partial charge in [-0.1, -0.05) is 17.8 Å². The highest BCUT2D eigenvalue weighted by Crippen LogP contribution is 2.20. The summed E-state index contributed by atoms with van der Waals surface area (Å²) in [5.41, 5.74) is 1.55. The second-order valence-corrected chi connectivity index (χ2v) is 7.86. The molecule has 0 aliphatic carbocycles. The number of aryl methyl sites for hydroxylation is 1. The molecule has 8 nitrogen and oxygen atoms in total. The van der Waals surface area contributed by atoms with Crippen molar-refractivity contribution in [3.05, 3.63) is 59.7 Å². The maximum atomic E-state index is 13.9. The maximum Gasteiger partial charge on any atom is 0.234 e. The summed E-state index contributed by atoms with van der Waals surface area (Å²) < 4.78 is 20.8. The summed E-state index contributed by atoms with van der Waals surface area (Å²) in [5, 5.41) is 14.1. The highest BCUT2D eigenvalue weighted by atomic mass is 32.2. The van der Waals surface area contributed by atoms with Crippen LogP contribution in [0.2, 0.25) is 0 Å². The fourth-order valence-corrected chi connectivity index (χ4v) is 3.76. The molecule has 0 radical (unpaired) electrons. The molecule has 0 fully saturated rings. The summed E-state index contributed by atoms with van der Waals surface area (Å²) >= 11 is 1.17. The minimum Gasteiger partial charge on any atom is -0.497 e. The Kier molecular flexibility index (Phi) is 7.82. The molecular weight excluding hydrogens is 433 g/mol. The van der Waals surface area contributed by atoms with Crippen LogP contribution in [0.25, 0.3) is 0 Å². The highest BCUT2D eigenvalue weighted by Gasteiger charge is 2.16. The van der Waals surface area contributed by atoms with Gasteiger partial charge in [0.25, 0.3) is 0 Å². The van der Waals surface area contributed by atoms with Gasteiger partial charge in [0.05, 0.1) is 25.0 Å². The van der Waals surface area contributed by atoms with Gasteiger partial charge in [-0.3, -0.25) is 9.59 Å². The van der Waals surface area contributed by atoms with Crippen LogP contribution in [0.1, 0.15) is 18.3 Å². The standard InChI is InChI=1S/C22H24FN5O3S/c1-4-28-19(12-20(29)24-15-6-8-16(31-3)9-7-15)26-27-22(28)32-13-21(30)25-18-10-5-14(2)11-17(18)23/h5-11H,4,12-13H2,1-3H3,(H,24,29)(H,25,30). The van der Waals surface area contributed by atoms with E-state index in [0.29, 0.717) is 29.0 Å². The quantitative estimate of drug-likeness (QED) is 0.476. The lowest BCUT2D eigenvalue weighted by molar-refractivity contribution is -0.116. The maximum absolute atomic E-state index is 13.9. The lowest BCUT2D eigenvalue weighted by atomic mass is 10.2. The first-order valence-corrected chi connectivity index (χ1v) is 10.9. The van der Waals surface area contributed by atoms with Gasteiger partial charge < -0.3 is 19.9 Å². The molecule has 0 aliphatic rings. The number of benzene rings is 2. The largest absolute Gasteiger partial charge is 0.497 e. The summed E-state index contributed by atoms with van der Waals surface area (Å²) in [6.07, 6.45) is 0.0359. The number of halogens is 1. The van der Waals surface area contributed by atoms with Gasteiger partial charge in [0.1, 0.15) is 17.4 Å². The Balaban J connectivity index is 1.57. The molecule has 3 aromatic rings. The van der Waals surface area contributed by atoms with Crippen molar-refractivity contribution >= 4 is 35.0 Å². The number of ether oxygens (including phenoxy) is 1. The van der Waals surface area contributed by atoms with Crippen molar-refractivity contribution in [1.82, 2.24) is 14.8 Å². The average Bonchev–Trinajstić information content (AvgIpc) is 3.16. The van der Waals surface area contributed by atoms with Crippen LogP contribution >= 0.6 is 11.8 Å². The Bertz CT molecular complexity index is 1100. The molecule has 32 heavy (non-hydrogen) atoms. The van der Waals surface area contributed by atoms with Gasteiger partial charge in [-0.15, -0.1) is 10.2 Å². The molecule has 0 saturated heterocycles. The number of hydrogen-bond donors (Lipinski definition) is 2. The van der Waals surface area contributed by atoms with Crippen LogP contribution in [-0.4, -0.2) is 39.4 Å². The fourth-order valence-electron chi connectivity index (χ4n) is 2.94. The van der Waals surface area contributed by atoms with E-state index in [1.165, 1.54) is 23.9 Å². The van der Waals surface area contributed by atoms with Crippen molar-refractivity contribution in [3.63, 3.8) is 0 Å². The summed E-state index contributed by atoms with van der Waals surface area (Å²) in [5.74, 6) is 0.146. The third kappa shape index (κ3) is 6.07. The minimum atomic E-state index is -0.481. The minimum absolute atomic E-state index is 0.0312. The van der Waals surface area contributed by atoms with Crippen LogP contribution in [0.5, 0.6) is 5.75 Å². The van der Waals surface area contributed by atoms with Crippen LogP contribution < -0.4 is 15.4 Å². The number of thioether (sulfide) groups is 1. The number of nitrogens with zero attached hydrogens (tertiary/aromatic N) is 3. The molecule has 0 bridgehead atoms. The Morgan fingerprint density at radius 2 is 1.84 bits per heavy atom. The van der Waals surface area contributed by atoms with Gasteiger partial charge in [0, 0.05) is 12.2 Å². The average molecular weight is 458 g/mol. The van der Waals surface area contributed by atoms with Crippen LogP contribution in [0.15, 0.2) is 47.6 Å². The topological polar surface area (TPSA) is 98.1 Å². The third-order valence-corrected chi connectivity index (χ3v) is 5.50. The Hall–Kier alpha value is -3.40. The van der Waals surface area contributed by atoms with E-state index in [4.69, 9.17) is 4.74 Å². The first kappa shape index (κ1) is 23.3. The van der Waals surface area contributed by atoms with Crippen molar-refractivity contribution in [1.29, 1.82) is 0 Å². The molecule has 3 rings (SSSR count). The second kappa shape index (κ2) is 10.8. The van der Waals surface area contributed by atoms with E-state index in [1.54, 1.807) is 48.9 Å². The molecular formula is C22H24FN5O3S. The molecule has 168 valence electrons. The number of carbonyl (C=O) groups excluding carboxylic acids is 2. The van der Waals surface area contributed by atoms with Crippen molar-refractivity contribution < 1.29 is 18.7 Å². The number of nitrogens with one attached hydrogen (secondary N) is 2. The number of carbonyl (C=O) groups is 2. The molecule has 1 aromatic heterocycles. The number of methoxy groups -OCH3 is 1. The van der Waals surface area contributed by atoms with E-state index >= 15 is 0 Å². The fraction of sp³-hybridized carbons (Fsp3) is 0.273. The molecule has 0 aliphatic heterocycles. The first-order chi connectivity index (χ1) is 15.4. The smallest absolute Gasteiger partial charge is 0.234 e. The van der Waals surface area contributed by atoms with E-state index in [1.807, 2.05) is 6.92 Å². The first-order valence-electron chi connectivity index (χ1n) is 9.94. The van der Waals surface area contributed by atoms with Gasteiger partial charge >= 0.3 is 0 Å². The zero-order valence-corrected chi connectivity index (χ0v) is 18.8. The van der Waals surface area contributed by atoms with Crippen molar-refractivity contribution in [3.8, 4) is 5.75 Å². The molecule has 2 aromatic carbocycles. The van der Waals surface area contributed by atoms with Gasteiger partial charge in [-0.25, -0.2) is 4.39 Å². The predicted octanol–water partition coefficient (Wildman–Crippen LogP) is 3.67. The molecule has 0 unspecified atom stereocenters. The number of aromatic nitrogens is 3. The van der Waals surface area contributed by atoms with Gasteiger partial charge in [0.2, 0.25) is 11.8 Å². The summed E-state index contributed by atoms with van der Waals surface area (Å²) in [6.45, 7) is 4.21. The van der Waals surface area contributed by atoms with E-state index in [0.717, 1.165) is 5.56 Å². The number of amides is 2. The molecule has 1 heterocycles. The molecule has 0 spiro atoms. The van der Waals surface area contributed by atoms with E-state index in [9.17, 15) is 14.0 Å². The number of anilines is 2. The van der Waals surface area contributed by atoms with E-state index < -0.39 is 5.82 Å². The van der Waals surface area contributed by atoms with Crippen molar-refractivity contribution in [2.24, 2.45) is 0 Å². The summed E-state index contributed by atoms with van der Waals surface area (Å²) in [6, 6.07) is 11.6. The van der Waals surface area contributed by atoms with Crippen molar-refractivity contribution in [2.45, 2.75) is 32.0 Å². The van der Waals surface area contributed by atoms with Crippen LogP contribution in [0.4, 0.5) is 15.8 Å². The lowest BCUT2D eigenvalue weighted by Crippen LogP contribution is -2.18. The third-order valence-electron chi connectivity index (χ3n) is 4.53. The highest BCUT2D eigenvalue weighted by molar-refractivity contribution is 7.99. The second-order valence-electron chi connectivity index (χ2n) is 6.92. The molecule has 10 heteroatoms. The van der Waals surface area contributed by atoms with Crippen LogP contribution in [0, 0.1) is 12.7 Å². The molecule has 2 N–H and O–H groups in total. The summed E-state index contributed by atoms with van der Waals surface area (Å²) in [7, 11) is 1.57. The van der Waals surface area contributed by atoms with Gasteiger partial charge in [-0.05, 0) is 55.8 Å². The van der Waals surface area contributed by atoms with E-state index in [-0.39, 0.29) is 29.7 Å². The molecule has 2 amide bonds. The van der Waals surface area contributed by atoms with Crippen LogP contribution in [0.3, 0.4) is 0 Å². The van der Waals surface area contributed by atoms with E-state index in [2.05, 4.69) is 20.8 Å². The Morgan fingerprint density at radius 3 is 2.50 bits per heavy atom. The zero-order valence-electron chi connectivity index (χ0n) is 18.0. The number of hydrogen-bond acceptors (Lipinski definition) is 6. The molecule has 0 saturated carbocycles. The van der Waals surface area contributed by atoms with Gasteiger partial charge in [0.15, 0.2) is 5.16 Å². The van der Waals surface area contributed by atoms with Crippen molar-refractivity contribution in [2.75, 3.05) is 23.5 Å². The normalized spacial score (nSPS) is 10.6. The number of rotatable bonds is 9. The Morgan fingerprint density at radius 1 is 1.09 bits per heavy atom. The molecule has 0 atom stereocenters. The van der Waals surface area contributed by atoms with Crippen LogP contribution in [-0.2, 0) is 22.6 Å². The SMILES string of the molecule is CCn1c(CC(=O)Nc2ccc(OC)cc2)nnc1SCC(=O)Nc1ccc(C)cc1F. The Labute approximate surface area is 189 Å².